The maximum Gasteiger partial charge on any atom is 0.415 e. The Morgan fingerprint density at radius 3 is 2.56 bits per heavy atom. The first-order chi connectivity index (χ1) is 8.36. The van der Waals surface area contributed by atoms with Crippen LogP contribution in [0, 0.1) is 5.92 Å². The number of likely N-dealkylation sites (N-methyl/N-ethyl adjacent to an activating group) is 1. The summed E-state index contributed by atoms with van der Waals surface area (Å²) in [6.45, 7) is -0.373. The highest BCUT2D eigenvalue weighted by molar-refractivity contribution is 5.61. The van der Waals surface area contributed by atoms with Gasteiger partial charge < -0.3 is 10.1 Å². The van der Waals surface area contributed by atoms with E-state index < -0.39 is 12.3 Å². The van der Waals surface area contributed by atoms with Gasteiger partial charge in [0.05, 0.1) is 0 Å². The normalized spacial score (nSPS) is 27.9. The van der Waals surface area contributed by atoms with Crippen LogP contribution in [0.4, 0.5) is 13.2 Å². The first kappa shape index (κ1) is 15.4. The zero-order valence-corrected chi connectivity index (χ0v) is 10.8. The van der Waals surface area contributed by atoms with Gasteiger partial charge in [-0.05, 0) is 19.9 Å². The Bertz CT molecular complexity index is 281. The Kier molecular flexibility index (Phi) is 5.59. The van der Waals surface area contributed by atoms with Crippen molar-refractivity contribution in [1.29, 1.82) is 0 Å². The number of hydrogen-bond acceptors (Lipinski definition) is 3. The van der Waals surface area contributed by atoms with E-state index in [1.165, 1.54) is 0 Å². The molecule has 3 atom stereocenters. The lowest BCUT2D eigenvalue weighted by Crippen LogP contribution is -2.47. The molecule has 1 saturated carbocycles. The monoisotopic (exact) mass is 266 g/mol. The highest BCUT2D eigenvalue weighted by atomic mass is 19.4. The van der Waals surface area contributed by atoms with E-state index in [2.05, 4.69) is 4.99 Å². The van der Waals surface area contributed by atoms with Crippen molar-refractivity contribution >= 4 is 6.21 Å². The molecule has 18 heavy (non-hydrogen) atoms. The molecule has 1 rings (SSSR count). The second kappa shape index (κ2) is 6.52. The van der Waals surface area contributed by atoms with Crippen molar-refractivity contribution in [2.24, 2.45) is 10.9 Å². The molecular formula is C12H21F3N2O. The van der Waals surface area contributed by atoms with Gasteiger partial charge in [-0.2, -0.15) is 13.2 Å². The first-order valence-corrected chi connectivity index (χ1v) is 6.23. The van der Waals surface area contributed by atoms with E-state index in [4.69, 9.17) is 5.11 Å². The molecule has 3 nitrogen and oxygen atoms in total. The van der Waals surface area contributed by atoms with E-state index in [0.29, 0.717) is 0 Å². The molecule has 1 aliphatic rings. The van der Waals surface area contributed by atoms with E-state index in [9.17, 15) is 13.2 Å². The molecule has 0 radical (unpaired) electrons. The topological polar surface area (TPSA) is 35.8 Å². The minimum atomic E-state index is -4.54. The average Bonchev–Trinajstić information content (AvgIpc) is 2.28. The number of nitrogens with zero attached hydrogens (tertiary/aromatic N) is 2. The Hall–Kier alpha value is -0.620. The third-order valence-corrected chi connectivity index (χ3v) is 3.53. The van der Waals surface area contributed by atoms with Gasteiger partial charge in [0.15, 0.2) is 6.10 Å². The third kappa shape index (κ3) is 4.24. The number of aliphatic hydroxyl groups is 1. The summed E-state index contributed by atoms with van der Waals surface area (Å²) in [5, 5.41) is 9.10. The lowest BCUT2D eigenvalue weighted by molar-refractivity contribution is -0.209. The fraction of sp³-hybridized carbons (Fsp3) is 0.917. The molecule has 0 bridgehead atoms. The second-order valence-electron chi connectivity index (χ2n) is 4.92. The maximum absolute atomic E-state index is 12.3. The van der Waals surface area contributed by atoms with Crippen molar-refractivity contribution in [2.45, 2.75) is 44.0 Å². The number of hydrogen-bond donors (Lipinski definition) is 1. The summed E-state index contributed by atoms with van der Waals surface area (Å²) in [6.07, 6.45) is -1.08. The van der Waals surface area contributed by atoms with Crippen LogP contribution in [0.3, 0.4) is 0 Å². The molecule has 0 aromatic heterocycles. The Balaban J connectivity index is 2.60. The van der Waals surface area contributed by atoms with Crippen LogP contribution in [0.5, 0.6) is 0 Å². The summed E-state index contributed by atoms with van der Waals surface area (Å²) in [4.78, 5) is 5.60. The quantitative estimate of drug-likeness (QED) is 0.791. The van der Waals surface area contributed by atoms with E-state index in [-0.39, 0.29) is 18.5 Å². The van der Waals surface area contributed by atoms with Crippen LogP contribution >= 0.6 is 0 Å². The number of aliphatic hydroxyl groups excluding tert-OH is 1. The molecule has 0 heterocycles. The van der Waals surface area contributed by atoms with E-state index in [1.54, 1.807) is 19.0 Å². The van der Waals surface area contributed by atoms with Gasteiger partial charge in [-0.1, -0.05) is 12.8 Å². The van der Waals surface area contributed by atoms with Gasteiger partial charge in [-0.15, -0.1) is 0 Å². The van der Waals surface area contributed by atoms with Crippen LogP contribution < -0.4 is 0 Å². The third-order valence-electron chi connectivity index (χ3n) is 3.53. The highest BCUT2D eigenvalue weighted by Gasteiger charge is 2.40. The van der Waals surface area contributed by atoms with Crippen LogP contribution in [0.15, 0.2) is 4.99 Å². The van der Waals surface area contributed by atoms with Gasteiger partial charge in [0, 0.05) is 31.8 Å². The number of halogens is 3. The summed E-state index contributed by atoms with van der Waals surface area (Å²) in [5.41, 5.74) is 0. The largest absolute Gasteiger partial charge is 0.415 e. The van der Waals surface area contributed by atoms with Crippen molar-refractivity contribution in [3.05, 3.63) is 0 Å². The van der Waals surface area contributed by atoms with Gasteiger partial charge in [0.1, 0.15) is 0 Å². The number of aliphatic imine (C=N–C) groups is 1. The summed E-state index contributed by atoms with van der Waals surface area (Å²) in [7, 11) is 3.32. The van der Waals surface area contributed by atoms with Crippen molar-refractivity contribution in [3.8, 4) is 0 Å². The number of alkyl halides is 3. The van der Waals surface area contributed by atoms with Gasteiger partial charge >= 0.3 is 6.18 Å². The van der Waals surface area contributed by atoms with Crippen molar-refractivity contribution < 1.29 is 18.3 Å². The van der Waals surface area contributed by atoms with Crippen molar-refractivity contribution in [2.75, 3.05) is 20.6 Å². The molecule has 106 valence electrons. The van der Waals surface area contributed by atoms with Crippen molar-refractivity contribution in [3.63, 3.8) is 0 Å². The molecule has 0 aromatic carbocycles. The molecule has 6 heteroatoms. The Labute approximate surface area is 106 Å². The zero-order chi connectivity index (χ0) is 13.8. The molecule has 1 fully saturated rings. The smallest absolute Gasteiger partial charge is 0.382 e. The SMILES string of the molecule is CN=CC1CCCC[C@@H]1N(C)C[C@@H](O)C(F)(F)F. The Morgan fingerprint density at radius 1 is 1.39 bits per heavy atom. The summed E-state index contributed by atoms with van der Waals surface area (Å²) >= 11 is 0. The lowest BCUT2D eigenvalue weighted by atomic mass is 9.84. The molecule has 0 aliphatic heterocycles. The van der Waals surface area contributed by atoms with Gasteiger partial charge in [-0.3, -0.25) is 4.90 Å². The summed E-state index contributed by atoms with van der Waals surface area (Å²) in [5.74, 6) is 0.189. The van der Waals surface area contributed by atoms with Crippen LogP contribution in [0.1, 0.15) is 25.7 Å². The molecule has 0 spiro atoms. The summed E-state index contributed by atoms with van der Waals surface area (Å²) < 4.78 is 37.0. The first-order valence-electron chi connectivity index (χ1n) is 6.23. The van der Waals surface area contributed by atoms with Crippen molar-refractivity contribution in [1.82, 2.24) is 4.90 Å². The van der Waals surface area contributed by atoms with Gasteiger partial charge in [0.2, 0.25) is 0 Å². The molecular weight excluding hydrogens is 245 g/mol. The van der Waals surface area contributed by atoms with Crippen LogP contribution in [0.2, 0.25) is 0 Å². The fourth-order valence-electron chi connectivity index (χ4n) is 2.56. The Morgan fingerprint density at radius 2 is 2.00 bits per heavy atom. The zero-order valence-electron chi connectivity index (χ0n) is 10.8. The van der Waals surface area contributed by atoms with Crippen LogP contribution in [-0.4, -0.2) is 55.2 Å². The van der Waals surface area contributed by atoms with Crippen LogP contribution in [-0.2, 0) is 0 Å². The minimum absolute atomic E-state index is 0.0412. The van der Waals surface area contributed by atoms with Gasteiger partial charge in [-0.25, -0.2) is 0 Å². The standard InChI is InChI=1S/C12H21F3N2O/c1-16-7-9-5-3-4-6-10(9)17(2)8-11(18)12(13,14)15/h7,9-11,18H,3-6,8H2,1-2H3/t9?,10-,11+/m0/s1. The molecule has 1 unspecified atom stereocenters. The predicted octanol–water partition coefficient (Wildman–Crippen LogP) is 2.10. The molecule has 0 aromatic rings. The van der Waals surface area contributed by atoms with Gasteiger partial charge in [0.25, 0.3) is 0 Å². The maximum atomic E-state index is 12.3. The van der Waals surface area contributed by atoms with E-state index in [0.717, 1.165) is 25.7 Å². The van der Waals surface area contributed by atoms with Crippen LogP contribution in [0.25, 0.3) is 0 Å². The lowest BCUT2D eigenvalue weighted by Gasteiger charge is -2.37. The molecule has 1 aliphatic carbocycles. The van der Waals surface area contributed by atoms with E-state index in [1.807, 2.05) is 6.21 Å². The number of rotatable bonds is 4. The predicted molar refractivity (Wildman–Crippen MR) is 64.9 cm³/mol. The molecule has 0 saturated heterocycles. The van der Waals surface area contributed by atoms with E-state index >= 15 is 0 Å². The minimum Gasteiger partial charge on any atom is -0.382 e. The summed E-state index contributed by atoms with van der Waals surface area (Å²) in [6, 6.07) is 0.0412. The second-order valence-corrected chi connectivity index (χ2v) is 4.92. The fourth-order valence-corrected chi connectivity index (χ4v) is 2.56. The molecule has 0 amide bonds. The molecule has 1 N–H and O–H groups in total. The average molecular weight is 266 g/mol. The highest BCUT2D eigenvalue weighted by Crippen LogP contribution is 2.28.